The summed E-state index contributed by atoms with van der Waals surface area (Å²) in [6.45, 7) is 4.14. The molecule has 0 heterocycles. The molecule has 0 fully saturated rings. The third-order valence-electron chi connectivity index (χ3n) is 11.4. The first-order valence-corrected chi connectivity index (χ1v) is 27.8. The average molecular weight is 922 g/mol. The third-order valence-corrected chi connectivity index (χ3v) is 12.3. The molecule has 0 aliphatic heterocycles. The van der Waals surface area contributed by atoms with E-state index in [2.05, 4.69) is 62.5 Å². The van der Waals surface area contributed by atoms with Crippen molar-refractivity contribution in [2.75, 3.05) is 47.5 Å². The van der Waals surface area contributed by atoms with E-state index in [-0.39, 0.29) is 32.0 Å². The number of rotatable bonds is 48. The highest BCUT2D eigenvalue weighted by Gasteiger charge is 2.21. The molecule has 0 spiro atoms. The second-order valence-corrected chi connectivity index (χ2v) is 20.3. The lowest BCUT2D eigenvalue weighted by Crippen LogP contribution is -2.37. The standard InChI is InChI=1S/C54H100NO8P/c1-6-8-10-12-14-16-18-20-22-23-24-25-26-27-28-29-30-31-33-35-37-39-41-43-45-47-54(57)63-52(51-62-64(58,59)61-49-48-55(3,4)5)50-60-53(56)46-44-42-40-38-36-34-32-21-19-17-15-13-11-9-7-2/h8,10,14,16,20,22,24-25,52H,6-7,9,11-13,15,17-19,21,23,26-51H2,1-5H3/b10-8-,16-14-,22-20-,25-24-. The molecule has 0 aliphatic carbocycles. The highest BCUT2D eigenvalue weighted by molar-refractivity contribution is 7.45. The topological polar surface area (TPSA) is 111 Å². The molecule has 0 radical (unpaired) electrons. The van der Waals surface area contributed by atoms with Crippen LogP contribution in [0.2, 0.25) is 0 Å². The van der Waals surface area contributed by atoms with Crippen molar-refractivity contribution in [3.63, 3.8) is 0 Å². The number of hydrogen-bond donors (Lipinski definition) is 0. The summed E-state index contributed by atoms with van der Waals surface area (Å²) in [6.07, 6.45) is 55.7. The van der Waals surface area contributed by atoms with Crippen molar-refractivity contribution in [2.45, 2.75) is 238 Å². The fourth-order valence-corrected chi connectivity index (χ4v) is 8.02. The normalized spacial score (nSPS) is 13.8. The largest absolute Gasteiger partial charge is 0.756 e. The molecule has 2 atom stereocenters. The molecule has 0 bridgehead atoms. The number of carbonyl (C=O) groups excluding carboxylic acids is 2. The minimum Gasteiger partial charge on any atom is -0.756 e. The third kappa shape index (κ3) is 49.4. The number of ether oxygens (including phenoxy) is 2. The molecule has 0 aliphatic rings. The van der Waals surface area contributed by atoms with Gasteiger partial charge in [-0.15, -0.1) is 0 Å². The van der Waals surface area contributed by atoms with E-state index in [1.807, 2.05) is 21.1 Å². The molecule has 0 saturated heterocycles. The average Bonchev–Trinajstić information content (AvgIpc) is 3.25. The van der Waals surface area contributed by atoms with E-state index in [0.29, 0.717) is 17.4 Å². The zero-order chi connectivity index (χ0) is 47.1. The SMILES string of the molecule is CC/C=C\C/C=C\C/C=C\C/C=C\CCCCCCCCCCCCCCC(=O)OC(COC(=O)CCCCCCCCCCCCCCCCC)COP(=O)([O-])OCC[N+](C)(C)C. The minimum atomic E-state index is -4.63. The molecule has 0 rings (SSSR count). The van der Waals surface area contributed by atoms with Crippen LogP contribution in [-0.2, 0) is 32.7 Å². The monoisotopic (exact) mass is 922 g/mol. The van der Waals surface area contributed by atoms with Gasteiger partial charge in [-0.1, -0.05) is 217 Å². The number of phosphoric ester groups is 1. The van der Waals surface area contributed by atoms with Gasteiger partial charge in [-0.2, -0.15) is 0 Å². The van der Waals surface area contributed by atoms with Gasteiger partial charge in [0.25, 0.3) is 7.82 Å². The van der Waals surface area contributed by atoms with Gasteiger partial charge in [0.15, 0.2) is 6.10 Å². The van der Waals surface area contributed by atoms with Crippen molar-refractivity contribution in [1.29, 1.82) is 0 Å². The Morgan fingerprint density at radius 3 is 1.33 bits per heavy atom. The number of esters is 2. The molecular weight excluding hydrogens is 822 g/mol. The van der Waals surface area contributed by atoms with Gasteiger partial charge in [-0.3, -0.25) is 14.2 Å². The van der Waals surface area contributed by atoms with E-state index in [4.69, 9.17) is 18.5 Å². The summed E-state index contributed by atoms with van der Waals surface area (Å²) in [5.41, 5.74) is 0. The van der Waals surface area contributed by atoms with E-state index in [0.717, 1.165) is 64.2 Å². The number of quaternary nitrogens is 1. The fraction of sp³-hybridized carbons (Fsp3) is 0.815. The zero-order valence-electron chi connectivity index (χ0n) is 42.2. The van der Waals surface area contributed by atoms with E-state index in [1.165, 1.54) is 135 Å². The molecule has 0 N–H and O–H groups in total. The van der Waals surface area contributed by atoms with Crippen LogP contribution < -0.4 is 4.89 Å². The van der Waals surface area contributed by atoms with Crippen LogP contribution in [0.3, 0.4) is 0 Å². The second kappa shape index (κ2) is 46.1. The molecule has 9 nitrogen and oxygen atoms in total. The number of likely N-dealkylation sites (N-methyl/N-ethyl adjacent to an activating group) is 1. The van der Waals surface area contributed by atoms with Crippen molar-refractivity contribution < 1.29 is 42.1 Å². The van der Waals surface area contributed by atoms with Crippen LogP contribution in [0.4, 0.5) is 0 Å². The molecule has 0 aromatic heterocycles. The number of allylic oxidation sites excluding steroid dienone is 8. The summed E-state index contributed by atoms with van der Waals surface area (Å²) < 4.78 is 34.1. The summed E-state index contributed by atoms with van der Waals surface area (Å²) in [6, 6.07) is 0. The number of phosphoric acid groups is 1. The van der Waals surface area contributed by atoms with Gasteiger partial charge in [0.1, 0.15) is 19.8 Å². The maximum atomic E-state index is 12.8. The van der Waals surface area contributed by atoms with E-state index in [1.54, 1.807) is 0 Å². The van der Waals surface area contributed by atoms with Crippen molar-refractivity contribution in [3.05, 3.63) is 48.6 Å². The van der Waals surface area contributed by atoms with Crippen molar-refractivity contribution in [1.82, 2.24) is 0 Å². The van der Waals surface area contributed by atoms with Crippen molar-refractivity contribution >= 4 is 19.8 Å². The first-order chi connectivity index (χ1) is 31.0. The van der Waals surface area contributed by atoms with Crippen LogP contribution in [0.5, 0.6) is 0 Å². The first-order valence-electron chi connectivity index (χ1n) is 26.3. The Hall–Kier alpha value is -2.03. The van der Waals surface area contributed by atoms with Gasteiger partial charge < -0.3 is 27.9 Å². The second-order valence-electron chi connectivity index (χ2n) is 18.9. The van der Waals surface area contributed by atoms with Gasteiger partial charge in [-0.05, 0) is 51.4 Å². The van der Waals surface area contributed by atoms with Gasteiger partial charge in [0.2, 0.25) is 0 Å². The van der Waals surface area contributed by atoms with E-state index >= 15 is 0 Å². The first kappa shape index (κ1) is 62.0. The molecular formula is C54H100NO8P. The molecule has 0 aromatic carbocycles. The summed E-state index contributed by atoms with van der Waals surface area (Å²) in [5.74, 6) is -0.828. The summed E-state index contributed by atoms with van der Waals surface area (Å²) in [5, 5.41) is 0. The van der Waals surface area contributed by atoms with Gasteiger partial charge in [0.05, 0.1) is 27.7 Å². The summed E-state index contributed by atoms with van der Waals surface area (Å²) in [7, 11) is 1.17. The van der Waals surface area contributed by atoms with Crippen LogP contribution in [0.25, 0.3) is 0 Å². The van der Waals surface area contributed by atoms with Crippen molar-refractivity contribution in [2.24, 2.45) is 0 Å². The Kier molecular flexibility index (Phi) is 44.6. The summed E-state index contributed by atoms with van der Waals surface area (Å²) in [4.78, 5) is 37.7. The van der Waals surface area contributed by atoms with Crippen LogP contribution >= 0.6 is 7.82 Å². The Bertz CT molecular complexity index is 1230. The Morgan fingerprint density at radius 2 is 0.891 bits per heavy atom. The molecule has 10 heteroatoms. The number of hydrogen-bond acceptors (Lipinski definition) is 8. The Balaban J connectivity index is 4.19. The molecule has 2 unspecified atom stereocenters. The lowest BCUT2D eigenvalue weighted by molar-refractivity contribution is -0.870. The van der Waals surface area contributed by atoms with Gasteiger partial charge >= 0.3 is 11.9 Å². The molecule has 0 aromatic rings. The number of nitrogens with zero attached hydrogens (tertiary/aromatic N) is 1. The zero-order valence-corrected chi connectivity index (χ0v) is 43.1. The highest BCUT2D eigenvalue weighted by Crippen LogP contribution is 2.38. The van der Waals surface area contributed by atoms with Crippen LogP contribution in [0, 0.1) is 0 Å². The summed E-state index contributed by atoms with van der Waals surface area (Å²) >= 11 is 0. The Labute approximate surface area is 394 Å². The van der Waals surface area contributed by atoms with Crippen molar-refractivity contribution in [3.8, 4) is 0 Å². The number of unbranched alkanes of at least 4 members (excludes halogenated alkanes) is 26. The van der Waals surface area contributed by atoms with Gasteiger partial charge in [0, 0.05) is 12.8 Å². The fourth-order valence-electron chi connectivity index (χ4n) is 7.29. The Morgan fingerprint density at radius 1 is 0.500 bits per heavy atom. The predicted molar refractivity (Wildman–Crippen MR) is 268 cm³/mol. The lowest BCUT2D eigenvalue weighted by Gasteiger charge is -2.28. The molecule has 64 heavy (non-hydrogen) atoms. The van der Waals surface area contributed by atoms with Crippen LogP contribution in [-0.4, -0.2) is 70.0 Å². The van der Waals surface area contributed by atoms with Gasteiger partial charge in [-0.25, -0.2) is 0 Å². The maximum absolute atomic E-state index is 12.8. The molecule has 0 amide bonds. The molecule has 374 valence electrons. The quantitative estimate of drug-likeness (QED) is 0.0195. The van der Waals surface area contributed by atoms with Crippen LogP contribution in [0.1, 0.15) is 232 Å². The number of carbonyl (C=O) groups is 2. The predicted octanol–water partition coefficient (Wildman–Crippen LogP) is 15.2. The van der Waals surface area contributed by atoms with E-state index in [9.17, 15) is 19.0 Å². The molecule has 0 saturated carbocycles. The highest BCUT2D eigenvalue weighted by atomic mass is 31.2. The smallest absolute Gasteiger partial charge is 0.306 e. The maximum Gasteiger partial charge on any atom is 0.306 e. The lowest BCUT2D eigenvalue weighted by atomic mass is 10.0. The van der Waals surface area contributed by atoms with Crippen LogP contribution in [0.15, 0.2) is 48.6 Å². The van der Waals surface area contributed by atoms with E-state index < -0.39 is 26.5 Å². The minimum absolute atomic E-state index is 0.0306.